The lowest BCUT2D eigenvalue weighted by atomic mass is 9.83. The van der Waals surface area contributed by atoms with Crippen LogP contribution in [0, 0.1) is 11.8 Å². The van der Waals surface area contributed by atoms with Crippen molar-refractivity contribution in [3.63, 3.8) is 0 Å². The molecule has 0 aromatic carbocycles. The van der Waals surface area contributed by atoms with E-state index in [9.17, 15) is 19.8 Å². The van der Waals surface area contributed by atoms with Gasteiger partial charge in [0.05, 0.1) is 26.2 Å². The fourth-order valence-electron chi connectivity index (χ4n) is 6.85. The zero-order valence-electron chi connectivity index (χ0n) is 18.6. The van der Waals surface area contributed by atoms with Crippen molar-refractivity contribution in [3.8, 4) is 0 Å². The van der Waals surface area contributed by atoms with Crippen LogP contribution in [-0.2, 0) is 9.59 Å². The number of rotatable bonds is 11. The maximum Gasteiger partial charge on any atom is 0.186 e. The number of piperidine rings is 6. The van der Waals surface area contributed by atoms with Crippen molar-refractivity contribution in [2.45, 2.75) is 76.4 Å². The van der Waals surface area contributed by atoms with Gasteiger partial charge in [-0.05, 0) is 12.8 Å². The number of aliphatic hydroxyl groups is 2. The second-order valence-electron chi connectivity index (χ2n) is 11.1. The van der Waals surface area contributed by atoms with Crippen LogP contribution in [0.25, 0.3) is 0 Å². The molecule has 6 nitrogen and oxygen atoms in total. The van der Waals surface area contributed by atoms with E-state index >= 15 is 0 Å². The predicted octanol–water partition coefficient (Wildman–Crippen LogP) is 1.67. The zero-order chi connectivity index (χ0) is 21.2. The number of aliphatic hydroxyl groups excluding tert-OH is 2. The van der Waals surface area contributed by atoms with E-state index in [4.69, 9.17) is 0 Å². The number of carbonyl (C=O) groups is 2. The van der Waals surface area contributed by atoms with E-state index in [0.717, 1.165) is 99.6 Å². The third-order valence-electron chi connectivity index (χ3n) is 8.82. The minimum absolute atomic E-state index is 0.206. The van der Waals surface area contributed by atoms with Gasteiger partial charge in [0.15, 0.2) is 11.6 Å². The molecule has 0 radical (unpaired) electrons. The smallest absolute Gasteiger partial charge is 0.186 e. The van der Waals surface area contributed by atoms with Gasteiger partial charge in [0.25, 0.3) is 0 Å². The molecule has 2 N–H and O–H groups in total. The fourth-order valence-corrected chi connectivity index (χ4v) is 6.85. The predicted molar refractivity (Wildman–Crippen MR) is 115 cm³/mol. The minimum Gasteiger partial charge on any atom is -0.387 e. The van der Waals surface area contributed by atoms with Crippen molar-refractivity contribution in [2.24, 2.45) is 11.8 Å². The van der Waals surface area contributed by atoms with E-state index in [-0.39, 0.29) is 12.2 Å². The highest BCUT2D eigenvalue weighted by Crippen LogP contribution is 2.35. The van der Waals surface area contributed by atoms with E-state index in [0.29, 0.717) is 49.3 Å². The standard InChI is InChI=1S/C24H42N2O4/c27-21(15-25-11-7-19(8-12-25)23(29)17-25)5-3-1-2-4-6-22(28)16-26-13-9-20(10-14-26)24(30)18-26/h19-20,23-24,29-30H,1-18H2/q+2/t19?,20?,23-,24-,25?,26?/m1/s1. The number of carbonyl (C=O) groups excluding carboxylic acids is 2. The van der Waals surface area contributed by atoms with Crippen molar-refractivity contribution >= 4 is 11.6 Å². The van der Waals surface area contributed by atoms with Gasteiger partial charge in [0, 0.05) is 50.4 Å². The van der Waals surface area contributed by atoms with Crippen molar-refractivity contribution in [1.29, 1.82) is 0 Å². The average molecular weight is 423 g/mol. The molecule has 6 aliphatic heterocycles. The van der Waals surface area contributed by atoms with Gasteiger partial charge in [0.1, 0.15) is 38.4 Å². The first-order chi connectivity index (χ1) is 14.4. The molecular formula is C24H42N2O4+2. The number of ketones is 2. The Morgan fingerprint density at radius 2 is 1.00 bits per heavy atom. The highest BCUT2D eigenvalue weighted by molar-refractivity contribution is 5.80. The lowest BCUT2D eigenvalue weighted by molar-refractivity contribution is -0.939. The first-order valence-corrected chi connectivity index (χ1v) is 12.5. The van der Waals surface area contributed by atoms with Gasteiger partial charge >= 0.3 is 0 Å². The normalized spacial score (nSPS) is 39.9. The monoisotopic (exact) mass is 422 g/mol. The summed E-state index contributed by atoms with van der Waals surface area (Å²) in [5.74, 6) is 1.64. The van der Waals surface area contributed by atoms with Crippen LogP contribution >= 0.6 is 0 Å². The number of nitrogens with zero attached hydrogens (tertiary/aromatic N) is 2. The van der Waals surface area contributed by atoms with E-state index in [1.807, 2.05) is 0 Å². The molecule has 30 heavy (non-hydrogen) atoms. The summed E-state index contributed by atoms with van der Waals surface area (Å²) in [6.07, 6.45) is 9.05. The van der Waals surface area contributed by atoms with E-state index in [2.05, 4.69) is 0 Å². The van der Waals surface area contributed by atoms with Gasteiger partial charge in [-0.2, -0.15) is 0 Å². The van der Waals surface area contributed by atoms with Crippen LogP contribution in [0.4, 0.5) is 0 Å². The summed E-state index contributed by atoms with van der Waals surface area (Å²) in [5, 5.41) is 20.4. The van der Waals surface area contributed by atoms with Crippen LogP contribution in [-0.4, -0.2) is 95.3 Å². The second-order valence-corrected chi connectivity index (χ2v) is 11.1. The quantitative estimate of drug-likeness (QED) is 0.392. The number of unbranched alkanes of at least 4 members (excludes halogenated alkanes) is 3. The Bertz CT molecular complexity index is 567. The molecule has 6 aliphatic rings. The highest BCUT2D eigenvalue weighted by Gasteiger charge is 2.46. The third kappa shape index (κ3) is 5.14. The molecule has 6 fully saturated rings. The Morgan fingerprint density at radius 3 is 1.33 bits per heavy atom. The Balaban J connectivity index is 1.07. The van der Waals surface area contributed by atoms with Crippen LogP contribution in [0.15, 0.2) is 0 Å². The Morgan fingerprint density at radius 1 is 0.633 bits per heavy atom. The fraction of sp³-hybridized carbons (Fsp3) is 0.917. The van der Waals surface area contributed by atoms with Crippen LogP contribution < -0.4 is 0 Å². The molecule has 0 aliphatic carbocycles. The molecule has 6 saturated heterocycles. The number of quaternary nitrogens is 2. The summed E-state index contributed by atoms with van der Waals surface area (Å²) in [4.78, 5) is 25.0. The van der Waals surface area contributed by atoms with Gasteiger partial charge in [0.2, 0.25) is 0 Å². The SMILES string of the molecule is O=C(CCCCCCC(=O)C[N+]12CCC(CC1)[C@H](O)C2)C[N+]12CCC(CC1)[C@H](O)C2. The third-order valence-corrected chi connectivity index (χ3v) is 8.82. The molecular weight excluding hydrogens is 380 g/mol. The molecule has 0 saturated carbocycles. The van der Waals surface area contributed by atoms with Crippen molar-refractivity contribution in [3.05, 3.63) is 0 Å². The van der Waals surface area contributed by atoms with Gasteiger partial charge in [-0.1, -0.05) is 12.8 Å². The van der Waals surface area contributed by atoms with Crippen molar-refractivity contribution in [1.82, 2.24) is 0 Å². The van der Waals surface area contributed by atoms with Crippen molar-refractivity contribution < 1.29 is 28.8 Å². The summed E-state index contributed by atoms with van der Waals surface area (Å²) in [6, 6.07) is 0. The van der Waals surface area contributed by atoms with E-state index in [1.165, 1.54) is 0 Å². The summed E-state index contributed by atoms with van der Waals surface area (Å²) < 4.78 is 1.64. The summed E-state index contributed by atoms with van der Waals surface area (Å²) in [5.41, 5.74) is 0. The molecule has 6 rings (SSSR count). The molecule has 6 heteroatoms. The lowest BCUT2D eigenvalue weighted by Gasteiger charge is -2.50. The molecule has 170 valence electrons. The zero-order valence-corrected chi connectivity index (χ0v) is 18.6. The Labute approximate surface area is 181 Å². The van der Waals surface area contributed by atoms with Crippen LogP contribution in [0.3, 0.4) is 0 Å². The largest absolute Gasteiger partial charge is 0.387 e. The molecule has 0 spiro atoms. The topological polar surface area (TPSA) is 74.6 Å². The van der Waals surface area contributed by atoms with Gasteiger partial charge in [-0.15, -0.1) is 0 Å². The first kappa shape index (κ1) is 22.4. The summed E-state index contributed by atoms with van der Waals surface area (Å²) >= 11 is 0. The first-order valence-electron chi connectivity index (χ1n) is 12.5. The number of hydrogen-bond donors (Lipinski definition) is 2. The molecule has 2 atom stereocenters. The average Bonchev–Trinajstić information content (AvgIpc) is 2.71. The van der Waals surface area contributed by atoms with Gasteiger partial charge < -0.3 is 19.2 Å². The summed E-state index contributed by atoms with van der Waals surface area (Å²) in [7, 11) is 0. The maximum absolute atomic E-state index is 12.5. The van der Waals surface area contributed by atoms with Crippen LogP contribution in [0.1, 0.15) is 64.2 Å². The van der Waals surface area contributed by atoms with E-state index in [1.54, 1.807) is 0 Å². The van der Waals surface area contributed by atoms with Gasteiger partial charge in [-0.25, -0.2) is 0 Å². The summed E-state index contributed by atoms with van der Waals surface area (Å²) in [6.45, 7) is 7.01. The Hall–Kier alpha value is -0.820. The van der Waals surface area contributed by atoms with Crippen molar-refractivity contribution in [2.75, 3.05) is 52.4 Å². The Kier molecular flexibility index (Phi) is 6.98. The number of Topliss-reactive ketones (excluding diaryl/α,β-unsaturated/α-hetero) is 2. The lowest BCUT2D eigenvalue weighted by Crippen LogP contribution is -2.65. The second kappa shape index (κ2) is 9.35. The number of fused-ring (bicyclic) bond motifs is 6. The van der Waals surface area contributed by atoms with Gasteiger partial charge in [-0.3, -0.25) is 9.59 Å². The minimum atomic E-state index is -0.206. The molecule has 0 amide bonds. The molecule has 6 heterocycles. The molecule has 0 aromatic heterocycles. The molecule has 0 unspecified atom stereocenters. The molecule has 4 bridgehead atoms. The van der Waals surface area contributed by atoms with Crippen LogP contribution in [0.5, 0.6) is 0 Å². The van der Waals surface area contributed by atoms with E-state index < -0.39 is 0 Å². The highest BCUT2D eigenvalue weighted by atomic mass is 16.3. The number of hydrogen-bond acceptors (Lipinski definition) is 4. The maximum atomic E-state index is 12.5. The molecule has 0 aromatic rings. The van der Waals surface area contributed by atoms with Crippen LogP contribution in [0.2, 0.25) is 0 Å².